The Morgan fingerprint density at radius 1 is 1.11 bits per heavy atom. The molecule has 1 amide bonds. The maximum atomic E-state index is 12.6. The Balaban J connectivity index is 1.57. The van der Waals surface area contributed by atoms with Gasteiger partial charge in [-0.1, -0.05) is 47.7 Å². The molecule has 0 atom stereocenters. The Bertz CT molecular complexity index is 1180. The van der Waals surface area contributed by atoms with E-state index < -0.39 is 0 Å². The number of carbonyl (C=O) groups excluding carboxylic acids is 1. The standard InChI is InChI=1S/C21H17N3O2S/c1-14-7-9-17-18(11-14)27-21(22-17)23-20(26)16-8-10-19(25)24(13-16)12-15-5-3-2-4-6-15/h2-11,13H,12H2,1H3,(H,22,23,26). The van der Waals surface area contributed by atoms with Crippen LogP contribution < -0.4 is 10.9 Å². The number of anilines is 1. The lowest BCUT2D eigenvalue weighted by Gasteiger charge is -2.08. The van der Waals surface area contributed by atoms with Crippen molar-refractivity contribution in [3.05, 3.63) is 93.9 Å². The first-order chi connectivity index (χ1) is 13.1. The molecule has 4 aromatic rings. The third-order valence-electron chi connectivity index (χ3n) is 4.21. The molecule has 0 saturated carbocycles. The molecule has 0 aliphatic heterocycles. The molecular weight excluding hydrogens is 358 g/mol. The van der Waals surface area contributed by atoms with Crippen molar-refractivity contribution in [1.82, 2.24) is 9.55 Å². The molecule has 0 aliphatic carbocycles. The summed E-state index contributed by atoms with van der Waals surface area (Å²) in [6, 6.07) is 18.6. The highest BCUT2D eigenvalue weighted by Gasteiger charge is 2.11. The van der Waals surface area contributed by atoms with Crippen molar-refractivity contribution in [2.75, 3.05) is 5.32 Å². The molecule has 2 aromatic carbocycles. The third-order valence-corrected chi connectivity index (χ3v) is 5.14. The lowest BCUT2D eigenvalue weighted by atomic mass is 10.2. The number of carbonyl (C=O) groups is 1. The van der Waals surface area contributed by atoms with Crippen molar-refractivity contribution < 1.29 is 4.79 Å². The fraction of sp³-hybridized carbons (Fsp3) is 0.0952. The number of hydrogen-bond acceptors (Lipinski definition) is 4. The quantitative estimate of drug-likeness (QED) is 0.585. The average molecular weight is 375 g/mol. The summed E-state index contributed by atoms with van der Waals surface area (Å²) in [5, 5.41) is 3.37. The number of rotatable bonds is 4. The van der Waals surface area contributed by atoms with Crippen molar-refractivity contribution in [2.45, 2.75) is 13.5 Å². The molecule has 2 heterocycles. The maximum absolute atomic E-state index is 12.6. The zero-order chi connectivity index (χ0) is 18.8. The summed E-state index contributed by atoms with van der Waals surface area (Å²) in [5.74, 6) is -0.285. The molecule has 6 heteroatoms. The number of pyridine rings is 1. The van der Waals surface area contributed by atoms with E-state index in [1.54, 1.807) is 6.20 Å². The van der Waals surface area contributed by atoms with Gasteiger partial charge in [-0.3, -0.25) is 14.9 Å². The second-order valence-corrected chi connectivity index (χ2v) is 7.34. The number of aryl methyl sites for hydroxylation is 1. The van der Waals surface area contributed by atoms with Crippen LogP contribution in [0.5, 0.6) is 0 Å². The summed E-state index contributed by atoms with van der Waals surface area (Å²) in [6.45, 7) is 2.44. The van der Waals surface area contributed by atoms with Gasteiger partial charge in [0.15, 0.2) is 5.13 Å². The lowest BCUT2D eigenvalue weighted by molar-refractivity contribution is 0.102. The van der Waals surface area contributed by atoms with Crippen LogP contribution in [0.25, 0.3) is 10.2 Å². The minimum absolute atomic E-state index is 0.147. The van der Waals surface area contributed by atoms with E-state index in [0.717, 1.165) is 21.3 Å². The van der Waals surface area contributed by atoms with Gasteiger partial charge in [-0.25, -0.2) is 4.98 Å². The van der Waals surface area contributed by atoms with Crippen LogP contribution in [0.4, 0.5) is 5.13 Å². The van der Waals surface area contributed by atoms with Gasteiger partial charge in [-0.2, -0.15) is 0 Å². The molecule has 1 N–H and O–H groups in total. The molecule has 0 spiro atoms. The number of nitrogens with one attached hydrogen (secondary N) is 1. The minimum atomic E-state index is -0.285. The van der Waals surface area contributed by atoms with Crippen molar-refractivity contribution in [3.63, 3.8) is 0 Å². The third kappa shape index (κ3) is 3.80. The van der Waals surface area contributed by atoms with Crippen LogP contribution in [0.15, 0.2) is 71.7 Å². The largest absolute Gasteiger partial charge is 0.310 e. The van der Waals surface area contributed by atoms with E-state index in [0.29, 0.717) is 17.2 Å². The molecule has 2 aromatic heterocycles. The first-order valence-electron chi connectivity index (χ1n) is 8.51. The van der Waals surface area contributed by atoms with E-state index in [2.05, 4.69) is 10.3 Å². The fourth-order valence-corrected chi connectivity index (χ4v) is 3.78. The Morgan fingerprint density at radius 3 is 2.74 bits per heavy atom. The van der Waals surface area contributed by atoms with Gasteiger partial charge >= 0.3 is 0 Å². The monoisotopic (exact) mass is 375 g/mol. The van der Waals surface area contributed by atoms with E-state index in [-0.39, 0.29) is 11.5 Å². The molecule has 0 saturated heterocycles. The molecule has 4 rings (SSSR count). The van der Waals surface area contributed by atoms with E-state index in [1.165, 1.54) is 28.0 Å². The lowest BCUT2D eigenvalue weighted by Crippen LogP contribution is -2.22. The summed E-state index contributed by atoms with van der Waals surface area (Å²) in [4.78, 5) is 29.2. The highest BCUT2D eigenvalue weighted by Crippen LogP contribution is 2.26. The van der Waals surface area contributed by atoms with Gasteiger partial charge in [0, 0.05) is 12.3 Å². The second-order valence-electron chi connectivity index (χ2n) is 6.31. The zero-order valence-electron chi connectivity index (χ0n) is 14.7. The van der Waals surface area contributed by atoms with Gasteiger partial charge in [-0.05, 0) is 36.2 Å². The predicted molar refractivity (Wildman–Crippen MR) is 109 cm³/mol. The minimum Gasteiger partial charge on any atom is -0.310 e. The highest BCUT2D eigenvalue weighted by molar-refractivity contribution is 7.22. The van der Waals surface area contributed by atoms with Gasteiger partial charge < -0.3 is 4.57 Å². The van der Waals surface area contributed by atoms with Crippen LogP contribution in [0.2, 0.25) is 0 Å². The van der Waals surface area contributed by atoms with Crippen LogP contribution in [0.1, 0.15) is 21.5 Å². The molecular formula is C21H17N3O2S. The molecule has 0 unspecified atom stereocenters. The number of nitrogens with zero attached hydrogens (tertiary/aromatic N) is 2. The first-order valence-corrected chi connectivity index (χ1v) is 9.33. The number of hydrogen-bond donors (Lipinski definition) is 1. The number of thiazole rings is 1. The van der Waals surface area contributed by atoms with Crippen molar-refractivity contribution in [3.8, 4) is 0 Å². The molecule has 134 valence electrons. The Hall–Kier alpha value is -3.25. The first kappa shape index (κ1) is 17.2. The number of fused-ring (bicyclic) bond motifs is 1. The van der Waals surface area contributed by atoms with E-state index in [9.17, 15) is 9.59 Å². The van der Waals surface area contributed by atoms with Crippen molar-refractivity contribution >= 4 is 32.6 Å². The topological polar surface area (TPSA) is 64.0 Å². The average Bonchev–Trinajstić information content (AvgIpc) is 3.05. The number of benzene rings is 2. The van der Waals surface area contributed by atoms with Crippen LogP contribution >= 0.6 is 11.3 Å². The zero-order valence-corrected chi connectivity index (χ0v) is 15.5. The second kappa shape index (κ2) is 7.17. The smallest absolute Gasteiger partial charge is 0.258 e. The Labute approximate surface area is 159 Å². The van der Waals surface area contributed by atoms with Gasteiger partial charge in [0.1, 0.15) is 0 Å². The van der Waals surface area contributed by atoms with E-state index >= 15 is 0 Å². The maximum Gasteiger partial charge on any atom is 0.258 e. The summed E-state index contributed by atoms with van der Waals surface area (Å²) in [6.07, 6.45) is 1.59. The molecule has 0 bridgehead atoms. The van der Waals surface area contributed by atoms with E-state index in [4.69, 9.17) is 0 Å². The normalized spacial score (nSPS) is 10.9. The van der Waals surface area contributed by atoms with Gasteiger partial charge in [0.25, 0.3) is 11.5 Å². The summed E-state index contributed by atoms with van der Waals surface area (Å²) in [7, 11) is 0. The Morgan fingerprint density at radius 2 is 1.93 bits per heavy atom. The van der Waals surface area contributed by atoms with Crippen LogP contribution in [0.3, 0.4) is 0 Å². The Kier molecular flexibility index (Phi) is 4.56. The molecule has 0 radical (unpaired) electrons. The van der Waals surface area contributed by atoms with Gasteiger partial charge in [0.2, 0.25) is 0 Å². The fourth-order valence-electron chi connectivity index (χ4n) is 2.82. The number of amides is 1. The molecule has 5 nitrogen and oxygen atoms in total. The highest BCUT2D eigenvalue weighted by atomic mass is 32.1. The van der Waals surface area contributed by atoms with Crippen LogP contribution in [-0.2, 0) is 6.54 Å². The predicted octanol–water partition coefficient (Wildman–Crippen LogP) is 4.07. The van der Waals surface area contributed by atoms with Crippen LogP contribution in [0, 0.1) is 6.92 Å². The molecule has 0 aliphatic rings. The molecule has 27 heavy (non-hydrogen) atoms. The number of aromatic nitrogens is 2. The van der Waals surface area contributed by atoms with Crippen molar-refractivity contribution in [1.29, 1.82) is 0 Å². The summed E-state index contributed by atoms with van der Waals surface area (Å²) < 4.78 is 2.56. The van der Waals surface area contributed by atoms with Crippen molar-refractivity contribution in [2.24, 2.45) is 0 Å². The molecule has 0 fully saturated rings. The van der Waals surface area contributed by atoms with Crippen LogP contribution in [-0.4, -0.2) is 15.5 Å². The van der Waals surface area contributed by atoms with Gasteiger partial charge in [0.05, 0.1) is 22.3 Å². The van der Waals surface area contributed by atoms with Gasteiger partial charge in [-0.15, -0.1) is 0 Å². The summed E-state index contributed by atoms with van der Waals surface area (Å²) in [5.41, 5.74) is 3.28. The summed E-state index contributed by atoms with van der Waals surface area (Å²) >= 11 is 1.43. The van der Waals surface area contributed by atoms with E-state index in [1.807, 2.05) is 55.5 Å². The SMILES string of the molecule is Cc1ccc2nc(NC(=O)c3ccc(=O)n(Cc4ccccc4)c3)sc2c1.